The van der Waals surface area contributed by atoms with Crippen molar-refractivity contribution in [3.63, 3.8) is 0 Å². The topological polar surface area (TPSA) is 47.6 Å². The maximum Gasteiger partial charge on any atom is 0.220 e. The monoisotopic (exact) mass is 323 g/mol. The smallest absolute Gasteiger partial charge is 0.220 e. The fourth-order valence-corrected chi connectivity index (χ4v) is 3.45. The number of rotatable bonds is 5. The highest BCUT2D eigenvalue weighted by Crippen LogP contribution is 2.40. The molecular formula is C20H21NO3. The molecule has 2 aliphatic heterocycles. The first-order valence-electron chi connectivity index (χ1n) is 8.55. The number of ether oxygens (including phenoxy) is 2. The summed E-state index contributed by atoms with van der Waals surface area (Å²) in [6.07, 6.45) is 3.07. The Kier molecular flexibility index (Phi) is 4.11. The zero-order valence-corrected chi connectivity index (χ0v) is 13.6. The first kappa shape index (κ1) is 15.1. The zero-order chi connectivity index (χ0) is 16.4. The van der Waals surface area contributed by atoms with Crippen LogP contribution in [0.25, 0.3) is 0 Å². The van der Waals surface area contributed by atoms with E-state index < -0.39 is 0 Å². The molecule has 2 aromatic carbocycles. The third-order valence-electron chi connectivity index (χ3n) is 4.71. The number of aryl methyl sites for hydroxylation is 1. The second kappa shape index (κ2) is 6.56. The van der Waals surface area contributed by atoms with Gasteiger partial charge >= 0.3 is 0 Å². The zero-order valence-electron chi connectivity index (χ0n) is 13.6. The molecular weight excluding hydrogens is 302 g/mol. The molecule has 2 aromatic rings. The molecule has 2 heterocycles. The van der Waals surface area contributed by atoms with Crippen LogP contribution in [-0.4, -0.2) is 19.1 Å². The predicted octanol–water partition coefficient (Wildman–Crippen LogP) is 2.81. The van der Waals surface area contributed by atoms with Gasteiger partial charge in [-0.25, -0.2) is 0 Å². The summed E-state index contributed by atoms with van der Waals surface area (Å²) in [6, 6.07) is 12.2. The fourth-order valence-electron chi connectivity index (χ4n) is 3.45. The molecule has 2 aliphatic rings. The molecule has 0 atom stereocenters. The summed E-state index contributed by atoms with van der Waals surface area (Å²) in [6.45, 7) is 1.95. The Morgan fingerprint density at radius 1 is 1.08 bits per heavy atom. The van der Waals surface area contributed by atoms with Crippen molar-refractivity contribution < 1.29 is 14.3 Å². The van der Waals surface area contributed by atoms with Crippen LogP contribution in [0.15, 0.2) is 36.4 Å². The van der Waals surface area contributed by atoms with Crippen molar-refractivity contribution in [3.8, 4) is 11.5 Å². The lowest BCUT2D eigenvalue weighted by Gasteiger charge is -2.13. The minimum absolute atomic E-state index is 0.0714. The fraction of sp³-hybridized carbons (Fsp3) is 0.350. The van der Waals surface area contributed by atoms with Crippen molar-refractivity contribution >= 4 is 5.91 Å². The molecule has 0 radical (unpaired) electrons. The summed E-state index contributed by atoms with van der Waals surface area (Å²) in [4.78, 5) is 12.2. The van der Waals surface area contributed by atoms with Crippen LogP contribution in [0.5, 0.6) is 11.5 Å². The summed E-state index contributed by atoms with van der Waals surface area (Å²) in [5.41, 5.74) is 4.68. The molecule has 0 unspecified atom stereocenters. The Bertz CT molecular complexity index is 723. The van der Waals surface area contributed by atoms with Gasteiger partial charge in [0.05, 0.1) is 13.2 Å². The quantitative estimate of drug-likeness (QED) is 0.920. The van der Waals surface area contributed by atoms with Gasteiger partial charge in [0.15, 0.2) is 0 Å². The van der Waals surface area contributed by atoms with Gasteiger partial charge in [-0.15, -0.1) is 0 Å². The van der Waals surface area contributed by atoms with E-state index in [1.54, 1.807) is 0 Å². The maximum absolute atomic E-state index is 12.2. The van der Waals surface area contributed by atoms with E-state index in [2.05, 4.69) is 23.5 Å². The summed E-state index contributed by atoms with van der Waals surface area (Å²) in [7, 11) is 0. The molecule has 1 N–H and O–H groups in total. The van der Waals surface area contributed by atoms with Crippen LogP contribution >= 0.6 is 0 Å². The standard InChI is InChI=1S/C20H21NO3/c22-19(7-6-14-4-2-1-3-5-14)21-13-17-16-9-11-23-18(16)12-15-8-10-24-20(15)17/h1-5,12H,6-11,13H2,(H,21,22). The van der Waals surface area contributed by atoms with E-state index in [0.717, 1.165) is 36.3 Å². The van der Waals surface area contributed by atoms with Crippen LogP contribution < -0.4 is 14.8 Å². The van der Waals surface area contributed by atoms with E-state index in [4.69, 9.17) is 9.47 Å². The summed E-state index contributed by atoms with van der Waals surface area (Å²) >= 11 is 0. The SMILES string of the molecule is O=C(CCc1ccccc1)NCc1c2c(cc3c1OCC3)OCC2. The Morgan fingerprint density at radius 3 is 2.79 bits per heavy atom. The van der Waals surface area contributed by atoms with E-state index in [0.29, 0.717) is 26.2 Å². The first-order chi connectivity index (χ1) is 11.8. The average Bonchev–Trinajstić information content (AvgIpc) is 3.26. The molecule has 0 saturated heterocycles. The minimum Gasteiger partial charge on any atom is -0.493 e. The van der Waals surface area contributed by atoms with Gasteiger partial charge in [0.2, 0.25) is 5.91 Å². The van der Waals surface area contributed by atoms with Crippen LogP contribution in [-0.2, 0) is 30.6 Å². The molecule has 1 amide bonds. The molecule has 0 spiro atoms. The van der Waals surface area contributed by atoms with Crippen molar-refractivity contribution in [2.75, 3.05) is 13.2 Å². The van der Waals surface area contributed by atoms with Gasteiger partial charge in [0.25, 0.3) is 0 Å². The number of amides is 1. The molecule has 0 aliphatic carbocycles. The summed E-state index contributed by atoms with van der Waals surface area (Å²) < 4.78 is 11.5. The van der Waals surface area contributed by atoms with Gasteiger partial charge in [0, 0.05) is 42.5 Å². The van der Waals surface area contributed by atoms with Crippen molar-refractivity contribution in [2.24, 2.45) is 0 Å². The largest absolute Gasteiger partial charge is 0.493 e. The van der Waals surface area contributed by atoms with Crippen molar-refractivity contribution in [1.29, 1.82) is 0 Å². The van der Waals surface area contributed by atoms with E-state index in [1.807, 2.05) is 18.2 Å². The number of hydrogen-bond donors (Lipinski definition) is 1. The summed E-state index contributed by atoms with van der Waals surface area (Å²) in [5, 5.41) is 3.05. The van der Waals surface area contributed by atoms with Crippen LogP contribution in [0.3, 0.4) is 0 Å². The number of benzene rings is 2. The maximum atomic E-state index is 12.2. The number of fused-ring (bicyclic) bond motifs is 2. The molecule has 0 saturated carbocycles. The Hall–Kier alpha value is -2.49. The molecule has 124 valence electrons. The van der Waals surface area contributed by atoms with Gasteiger partial charge in [0.1, 0.15) is 11.5 Å². The lowest BCUT2D eigenvalue weighted by atomic mass is 9.99. The van der Waals surface area contributed by atoms with Crippen LogP contribution in [0.4, 0.5) is 0 Å². The van der Waals surface area contributed by atoms with Gasteiger partial charge in [-0.1, -0.05) is 30.3 Å². The van der Waals surface area contributed by atoms with Gasteiger partial charge in [-0.2, -0.15) is 0 Å². The van der Waals surface area contributed by atoms with Crippen molar-refractivity contribution in [2.45, 2.75) is 32.2 Å². The Balaban J connectivity index is 1.42. The van der Waals surface area contributed by atoms with Crippen LogP contribution in [0, 0.1) is 0 Å². The molecule has 4 nitrogen and oxygen atoms in total. The molecule has 4 rings (SSSR count). The Morgan fingerprint density at radius 2 is 1.92 bits per heavy atom. The Labute approximate surface area is 141 Å². The first-order valence-corrected chi connectivity index (χ1v) is 8.55. The number of carbonyl (C=O) groups excluding carboxylic acids is 1. The van der Waals surface area contributed by atoms with Gasteiger partial charge in [-0.3, -0.25) is 4.79 Å². The molecule has 4 heteroatoms. The van der Waals surface area contributed by atoms with E-state index in [1.165, 1.54) is 16.7 Å². The lowest BCUT2D eigenvalue weighted by Crippen LogP contribution is -2.24. The van der Waals surface area contributed by atoms with E-state index in [9.17, 15) is 4.79 Å². The number of nitrogens with one attached hydrogen (secondary N) is 1. The molecule has 24 heavy (non-hydrogen) atoms. The predicted molar refractivity (Wildman–Crippen MR) is 91.4 cm³/mol. The third-order valence-corrected chi connectivity index (χ3v) is 4.71. The normalized spacial score (nSPS) is 14.5. The second-order valence-corrected chi connectivity index (χ2v) is 6.28. The number of carbonyl (C=O) groups is 1. The highest BCUT2D eigenvalue weighted by Gasteiger charge is 2.26. The molecule has 0 fully saturated rings. The van der Waals surface area contributed by atoms with Crippen molar-refractivity contribution in [3.05, 3.63) is 58.7 Å². The van der Waals surface area contributed by atoms with Crippen LogP contribution in [0.1, 0.15) is 28.7 Å². The molecule has 0 bridgehead atoms. The lowest BCUT2D eigenvalue weighted by molar-refractivity contribution is -0.121. The number of hydrogen-bond acceptors (Lipinski definition) is 3. The highest BCUT2D eigenvalue weighted by molar-refractivity contribution is 5.76. The summed E-state index contributed by atoms with van der Waals surface area (Å²) in [5.74, 6) is 2.00. The van der Waals surface area contributed by atoms with Gasteiger partial charge < -0.3 is 14.8 Å². The van der Waals surface area contributed by atoms with E-state index in [-0.39, 0.29) is 5.91 Å². The third kappa shape index (κ3) is 2.96. The van der Waals surface area contributed by atoms with E-state index >= 15 is 0 Å². The molecule has 0 aromatic heterocycles. The minimum atomic E-state index is 0.0714. The van der Waals surface area contributed by atoms with Crippen molar-refractivity contribution in [1.82, 2.24) is 5.32 Å². The van der Waals surface area contributed by atoms with Gasteiger partial charge in [-0.05, 0) is 18.1 Å². The highest BCUT2D eigenvalue weighted by atomic mass is 16.5. The second-order valence-electron chi connectivity index (χ2n) is 6.28. The van der Waals surface area contributed by atoms with Crippen LogP contribution in [0.2, 0.25) is 0 Å². The average molecular weight is 323 g/mol.